The number of halogens is 2. The number of nitrogens with one attached hydrogen (secondary N) is 3. The maximum Gasteiger partial charge on any atom is 0.317 e. The smallest absolute Gasteiger partial charge is 0.317 e. The summed E-state index contributed by atoms with van der Waals surface area (Å²) in [7, 11) is 0. The van der Waals surface area contributed by atoms with E-state index >= 15 is 0 Å². The number of likely N-dealkylation sites (tertiary alicyclic amines) is 2. The lowest BCUT2D eigenvalue weighted by atomic mass is 9.89. The predicted octanol–water partition coefficient (Wildman–Crippen LogP) is 30.8. The van der Waals surface area contributed by atoms with Gasteiger partial charge in [-0.15, -0.1) is 0 Å². The lowest BCUT2D eigenvalue weighted by Crippen LogP contribution is -2.48. The molecule has 736 valence electrons. The van der Waals surface area contributed by atoms with Crippen LogP contribution in [0.4, 0.5) is 14.9 Å². The molecule has 141 heavy (non-hydrogen) atoms. The molecule has 17 heteroatoms. The van der Waals surface area contributed by atoms with Crippen molar-refractivity contribution in [2.24, 2.45) is 0 Å². The third kappa shape index (κ3) is 37.9. The number of anilines is 1. The van der Waals surface area contributed by atoms with Gasteiger partial charge in [-0.2, -0.15) is 0 Å². The van der Waals surface area contributed by atoms with Gasteiger partial charge in [-0.3, -0.25) is 4.79 Å². The molecular formula is C124H145ClFN9O6. The number of hydrogen-bond donors (Lipinski definition) is 3. The minimum Gasteiger partial charge on any atom is -0.469 e. The maximum atomic E-state index is 13.2. The SMILES string of the molecule is CCC(NC(=O)N1CCC1)c1ccccc1.CCC(Nc1ccccc1)c1ccccc1.CCC(OC1CCNC1)c1ccccc1.CCC(OCC(=O)N1CCC1)c1ccccc1.CCC(Oc1ccccn1)c1ccccc1.CCC(c1ccccc1)c1cccc(Cl)c1.CCC(c1ccccc1)c1cccc(F)c1.CCC(c1ccccc1)c1cocn1.CCC(c1ccccc1)c1ncccn1. The van der Waals surface area contributed by atoms with Crippen molar-refractivity contribution in [3.8, 4) is 5.88 Å². The second-order valence-corrected chi connectivity index (χ2v) is 35.1. The van der Waals surface area contributed by atoms with E-state index in [0.29, 0.717) is 35.8 Å². The zero-order chi connectivity index (χ0) is 99.5. The van der Waals surface area contributed by atoms with Crippen molar-refractivity contribution >= 4 is 29.2 Å². The van der Waals surface area contributed by atoms with Gasteiger partial charge < -0.3 is 44.4 Å². The molecule has 12 aromatic carbocycles. The molecule has 3 amide bonds. The molecular weight excluding hydrogens is 1770 g/mol. The van der Waals surface area contributed by atoms with Crippen LogP contribution in [0, 0.1) is 5.82 Å². The van der Waals surface area contributed by atoms with Crippen LogP contribution in [-0.2, 0) is 14.3 Å². The molecule has 3 N–H and O–H groups in total. The molecule has 3 aliphatic heterocycles. The number of rotatable bonds is 32. The van der Waals surface area contributed by atoms with Gasteiger partial charge in [0.15, 0.2) is 6.39 Å². The Kier molecular flexibility index (Phi) is 49.7. The number of para-hydroxylation sites is 1. The molecule has 0 saturated carbocycles. The third-order valence-electron chi connectivity index (χ3n) is 24.9. The molecule has 10 atom stereocenters. The molecule has 0 bridgehead atoms. The molecule has 3 saturated heterocycles. The summed E-state index contributed by atoms with van der Waals surface area (Å²) in [4.78, 5) is 44.2. The highest BCUT2D eigenvalue weighted by atomic mass is 35.5. The third-order valence-corrected chi connectivity index (χ3v) is 25.2. The molecule has 3 aromatic heterocycles. The number of oxazole rings is 1. The van der Waals surface area contributed by atoms with Crippen molar-refractivity contribution in [2.75, 3.05) is 51.2 Å². The average molecular weight is 1910 g/mol. The zero-order valence-electron chi connectivity index (χ0n) is 83.8. The fourth-order valence-corrected chi connectivity index (χ4v) is 17.1. The fourth-order valence-electron chi connectivity index (χ4n) is 16.9. The standard InChI is InChI=1S/C15H15Cl.C15H15F.C15H17N.C14H19NO2.C14H15NO.C13H18N2O.C13H14N2.C13H19NO.C12H13NO/c2*1-2-15(12-7-4-3-5-8-12)13-9-6-10-14(16)11-13;1-2-15(13-9-5-3-6-10-13)16-14-11-7-4-8-12-14;1-2-13(12-7-4-3-5-8-12)17-11-14(16)15-9-6-10-15;1-2-13(12-8-4-3-5-9-12)16-14-10-6-7-11-15-14;1-2-12(11-7-4-3-5-8-11)14-13(16)15-9-6-10-15;1-2-12(11-7-4-3-5-8-11)13-14-9-6-10-15-13;1-2-13(11-6-4-3-5-7-11)15-12-8-9-14-10-12;1-2-11(12-8-14-9-13-12)10-6-4-3-5-7-10/h2*3-11,15H,2H2,1H3;3-12,15-16H,2H2,1H3;3-5,7-8,13H,2,6,9-11H2,1H3;3-11,13H,2H2,1H3;3-5,7-8,12H,2,6,9-10H2,1H3,(H,14,16);3-10,12H,2H2,1H3;3-7,12-14H,2,8-10H2,1H3;3-9,11H,2H2,1H3. The Bertz CT molecular complexity index is 5530. The molecule has 3 fully saturated rings. The number of nitrogens with zero attached hydrogens (tertiary/aromatic N) is 6. The number of carbonyl (C=O) groups excluding carboxylic acids is 2. The summed E-state index contributed by atoms with van der Waals surface area (Å²) >= 11 is 6.03. The van der Waals surface area contributed by atoms with E-state index in [9.17, 15) is 14.0 Å². The van der Waals surface area contributed by atoms with Gasteiger partial charge in [0.05, 0.1) is 36.1 Å². The number of aromatic nitrogens is 4. The van der Waals surface area contributed by atoms with Crippen molar-refractivity contribution in [1.29, 1.82) is 0 Å². The van der Waals surface area contributed by atoms with E-state index in [-0.39, 0.29) is 54.6 Å². The Morgan fingerprint density at radius 2 is 0.801 bits per heavy atom. The van der Waals surface area contributed by atoms with E-state index in [1.807, 2.05) is 168 Å². The van der Waals surface area contributed by atoms with Crippen molar-refractivity contribution in [2.45, 2.75) is 200 Å². The summed E-state index contributed by atoms with van der Waals surface area (Å²) in [6.45, 7) is 25.2. The second kappa shape index (κ2) is 64.0. The number of hydrogen-bond acceptors (Lipinski definition) is 12. The van der Waals surface area contributed by atoms with E-state index in [0.717, 1.165) is 144 Å². The summed E-state index contributed by atoms with van der Waals surface area (Å²) in [6.07, 6.45) is 21.7. The normalized spacial score (nSPS) is 14.4. The minimum absolute atomic E-state index is 0.0291. The van der Waals surface area contributed by atoms with Gasteiger partial charge in [0.25, 0.3) is 0 Å². The molecule has 10 unspecified atom stereocenters. The van der Waals surface area contributed by atoms with Crippen LogP contribution in [0.1, 0.15) is 266 Å². The highest BCUT2D eigenvalue weighted by Crippen LogP contribution is 2.34. The lowest BCUT2D eigenvalue weighted by Gasteiger charge is -2.32. The predicted molar refractivity (Wildman–Crippen MR) is 577 cm³/mol. The number of urea groups is 1. The Hall–Kier alpha value is -13.5. The van der Waals surface area contributed by atoms with Gasteiger partial charge in [-0.25, -0.2) is 29.1 Å². The van der Waals surface area contributed by atoms with E-state index in [1.165, 1.54) is 68.2 Å². The number of amides is 3. The molecule has 15 nitrogen and oxygen atoms in total. The van der Waals surface area contributed by atoms with Crippen LogP contribution < -0.4 is 20.7 Å². The zero-order valence-corrected chi connectivity index (χ0v) is 84.5. The highest BCUT2D eigenvalue weighted by molar-refractivity contribution is 6.30. The van der Waals surface area contributed by atoms with Crippen molar-refractivity contribution in [3.05, 3.63) is 491 Å². The fraction of sp³-hybridized carbons (Fsp3) is 0.306. The average Bonchev–Trinajstić information content (AvgIpc) is 1.60. The first-order valence-electron chi connectivity index (χ1n) is 50.6. The van der Waals surface area contributed by atoms with Crippen LogP contribution in [0.25, 0.3) is 0 Å². The topological polar surface area (TPSA) is 169 Å². The van der Waals surface area contributed by atoms with Crippen molar-refractivity contribution in [1.82, 2.24) is 40.4 Å². The van der Waals surface area contributed by atoms with Crippen LogP contribution in [-0.4, -0.2) is 93.7 Å². The summed E-state index contributed by atoms with van der Waals surface area (Å²) in [5.74, 6) is 2.95. The van der Waals surface area contributed by atoms with Gasteiger partial charge in [-0.1, -0.05) is 395 Å². The van der Waals surface area contributed by atoms with E-state index in [2.05, 4.69) is 298 Å². The van der Waals surface area contributed by atoms with Gasteiger partial charge in [0.2, 0.25) is 11.8 Å². The van der Waals surface area contributed by atoms with Crippen molar-refractivity contribution < 1.29 is 32.6 Å². The summed E-state index contributed by atoms with van der Waals surface area (Å²) in [5.41, 5.74) is 15.9. The number of ether oxygens (including phenoxy) is 3. The summed E-state index contributed by atoms with van der Waals surface area (Å²) in [6, 6.07) is 127. The second-order valence-electron chi connectivity index (χ2n) is 34.7. The van der Waals surface area contributed by atoms with Crippen LogP contribution in [0.5, 0.6) is 5.88 Å². The van der Waals surface area contributed by atoms with Crippen LogP contribution >= 0.6 is 11.6 Å². The summed E-state index contributed by atoms with van der Waals surface area (Å²) < 4.78 is 35.8. The Morgan fingerprint density at radius 1 is 0.397 bits per heavy atom. The Morgan fingerprint density at radius 3 is 1.21 bits per heavy atom. The first-order chi connectivity index (χ1) is 69.3. The monoisotopic (exact) mass is 1910 g/mol. The molecule has 0 aliphatic carbocycles. The lowest BCUT2D eigenvalue weighted by molar-refractivity contribution is -0.141. The molecule has 18 rings (SSSR count). The molecule has 6 heterocycles. The van der Waals surface area contributed by atoms with Gasteiger partial charge in [0, 0.05) is 91.8 Å². The minimum atomic E-state index is -0.160. The first kappa shape index (κ1) is 110. The van der Waals surface area contributed by atoms with Crippen LogP contribution in [0.2, 0.25) is 5.02 Å². The first-order valence-corrected chi connectivity index (χ1v) is 50.9. The van der Waals surface area contributed by atoms with E-state index < -0.39 is 0 Å². The van der Waals surface area contributed by atoms with E-state index in [4.69, 9.17) is 30.2 Å². The van der Waals surface area contributed by atoms with E-state index in [1.54, 1.807) is 37.0 Å². The Balaban J connectivity index is 0.000000163. The molecule has 15 aromatic rings. The largest absolute Gasteiger partial charge is 0.469 e. The summed E-state index contributed by atoms with van der Waals surface area (Å²) in [5, 5.41) is 10.8. The van der Waals surface area contributed by atoms with Crippen LogP contribution in [0.3, 0.4) is 0 Å². The number of pyridine rings is 1. The maximum absolute atomic E-state index is 13.2. The molecule has 0 spiro atoms. The quantitative estimate of drug-likeness (QED) is 0.0365. The molecule has 3 aliphatic rings. The number of benzene rings is 12. The van der Waals surface area contributed by atoms with Gasteiger partial charge >= 0.3 is 6.03 Å². The Labute approximate surface area is 844 Å². The van der Waals surface area contributed by atoms with Crippen molar-refractivity contribution in [3.63, 3.8) is 0 Å². The van der Waals surface area contributed by atoms with Crippen LogP contribution in [0.15, 0.2) is 412 Å². The number of carbonyl (C=O) groups is 2. The highest BCUT2D eigenvalue weighted by Gasteiger charge is 2.26. The van der Waals surface area contributed by atoms with Gasteiger partial charge in [0.1, 0.15) is 30.6 Å². The van der Waals surface area contributed by atoms with Gasteiger partial charge in [-0.05, 0) is 193 Å². The molecule has 0 radical (unpaired) electrons.